The second-order valence-corrected chi connectivity index (χ2v) is 8.96. The lowest BCUT2D eigenvalue weighted by molar-refractivity contribution is 0.0209. The third-order valence-corrected chi connectivity index (χ3v) is 6.15. The minimum atomic E-state index is -0.668. The number of nitrogens with zero attached hydrogens (tertiary/aromatic N) is 4. The minimum Gasteiger partial charge on any atom is -0.390 e. The number of aromatic nitrogens is 2. The van der Waals surface area contributed by atoms with Crippen molar-refractivity contribution in [3.8, 4) is 0 Å². The van der Waals surface area contributed by atoms with Gasteiger partial charge < -0.3 is 30.7 Å². The van der Waals surface area contributed by atoms with E-state index in [0.29, 0.717) is 38.1 Å². The highest BCUT2D eigenvalue weighted by Gasteiger charge is 2.22. The van der Waals surface area contributed by atoms with Crippen LogP contribution < -0.4 is 20.9 Å². The lowest BCUT2D eigenvalue weighted by Crippen LogP contribution is -2.42. The highest BCUT2D eigenvalue weighted by molar-refractivity contribution is 5.93. The zero-order valence-corrected chi connectivity index (χ0v) is 20.0. The number of fused-ring (bicyclic) bond motifs is 1. The van der Waals surface area contributed by atoms with Crippen LogP contribution in [0.4, 0.5) is 11.8 Å². The van der Waals surface area contributed by atoms with Gasteiger partial charge in [-0.05, 0) is 24.6 Å². The number of hydrogen-bond donors (Lipinski definition) is 4. The predicted molar refractivity (Wildman–Crippen MR) is 131 cm³/mol. The van der Waals surface area contributed by atoms with Crippen molar-refractivity contribution in [2.45, 2.75) is 25.1 Å². The first-order chi connectivity index (χ1) is 16.5. The van der Waals surface area contributed by atoms with E-state index in [4.69, 9.17) is 4.74 Å². The van der Waals surface area contributed by atoms with E-state index in [1.165, 1.54) is 11.1 Å². The maximum atomic E-state index is 12.9. The van der Waals surface area contributed by atoms with Crippen LogP contribution in [0.15, 0.2) is 30.3 Å². The highest BCUT2D eigenvalue weighted by Crippen LogP contribution is 2.19. The molecule has 1 fully saturated rings. The Morgan fingerprint density at radius 2 is 2.09 bits per heavy atom. The number of benzene rings is 1. The van der Waals surface area contributed by atoms with Crippen LogP contribution in [0.25, 0.3) is 0 Å². The molecule has 0 spiro atoms. The van der Waals surface area contributed by atoms with Crippen molar-refractivity contribution in [2.24, 2.45) is 0 Å². The van der Waals surface area contributed by atoms with Gasteiger partial charge in [-0.25, -0.2) is 4.98 Å². The quantitative estimate of drug-likeness (QED) is 0.364. The molecule has 34 heavy (non-hydrogen) atoms. The van der Waals surface area contributed by atoms with E-state index < -0.39 is 6.10 Å². The molecule has 2 aliphatic heterocycles. The molecule has 1 aromatic heterocycles. The number of aliphatic hydroxyl groups is 1. The Labute approximate surface area is 200 Å². The van der Waals surface area contributed by atoms with Crippen LogP contribution in [0.5, 0.6) is 0 Å². The molecule has 0 radical (unpaired) electrons. The van der Waals surface area contributed by atoms with Gasteiger partial charge in [-0.2, -0.15) is 4.98 Å². The zero-order valence-electron chi connectivity index (χ0n) is 20.0. The van der Waals surface area contributed by atoms with E-state index >= 15 is 0 Å². The molecule has 1 aromatic carbocycles. The van der Waals surface area contributed by atoms with Crippen LogP contribution in [0, 0.1) is 0 Å². The number of rotatable bonds is 11. The molecule has 10 nitrogen and oxygen atoms in total. The van der Waals surface area contributed by atoms with Gasteiger partial charge in [0.25, 0.3) is 5.91 Å². The molecule has 4 N–H and O–H groups in total. The summed E-state index contributed by atoms with van der Waals surface area (Å²) in [6, 6.07) is 10.2. The van der Waals surface area contributed by atoms with E-state index in [2.05, 4.69) is 49.0 Å². The Morgan fingerprint density at radius 3 is 2.82 bits per heavy atom. The first-order valence-corrected chi connectivity index (χ1v) is 11.9. The van der Waals surface area contributed by atoms with Gasteiger partial charge in [0.2, 0.25) is 5.95 Å². The number of carbonyl (C=O) groups is 1. The molecule has 4 rings (SSSR count). The molecule has 0 unspecified atom stereocenters. The summed E-state index contributed by atoms with van der Waals surface area (Å²) in [6.45, 7) is 5.07. The van der Waals surface area contributed by atoms with Crippen LogP contribution in [0.1, 0.15) is 21.6 Å². The number of carbonyl (C=O) groups excluding carboxylic acids is 1. The number of amides is 1. The van der Waals surface area contributed by atoms with E-state index in [0.717, 1.165) is 26.1 Å². The maximum Gasteiger partial charge on any atom is 0.270 e. The molecule has 10 heteroatoms. The Morgan fingerprint density at radius 1 is 1.29 bits per heavy atom. The van der Waals surface area contributed by atoms with Crippen LogP contribution in [-0.2, 0) is 17.7 Å². The van der Waals surface area contributed by atoms with Gasteiger partial charge in [0.1, 0.15) is 11.5 Å². The fourth-order valence-corrected chi connectivity index (χ4v) is 4.08. The Hall–Kier alpha value is -2.79. The molecule has 184 valence electrons. The Kier molecular flexibility index (Phi) is 8.28. The van der Waals surface area contributed by atoms with Gasteiger partial charge in [0.15, 0.2) is 0 Å². The van der Waals surface area contributed by atoms with Crippen molar-refractivity contribution in [3.63, 3.8) is 0 Å². The molecule has 1 saturated heterocycles. The number of nitrogens with one attached hydrogen (secondary N) is 3. The molecular formula is C24H35N7O3. The van der Waals surface area contributed by atoms with Gasteiger partial charge in [0, 0.05) is 52.4 Å². The monoisotopic (exact) mass is 469 g/mol. The van der Waals surface area contributed by atoms with Crippen LogP contribution in [0.2, 0.25) is 0 Å². The summed E-state index contributed by atoms with van der Waals surface area (Å²) in [7, 11) is 3.78. The molecule has 3 heterocycles. The van der Waals surface area contributed by atoms with E-state index in [1.54, 1.807) is 6.07 Å². The zero-order chi connectivity index (χ0) is 23.9. The summed E-state index contributed by atoms with van der Waals surface area (Å²) in [5, 5.41) is 19.8. The third kappa shape index (κ3) is 6.41. The Bertz CT molecular complexity index is 969. The van der Waals surface area contributed by atoms with Crippen molar-refractivity contribution in [1.82, 2.24) is 25.5 Å². The lowest BCUT2D eigenvalue weighted by Gasteiger charge is -2.30. The molecule has 0 saturated carbocycles. The second-order valence-electron chi connectivity index (χ2n) is 8.96. The third-order valence-electron chi connectivity index (χ3n) is 6.15. The van der Waals surface area contributed by atoms with Crippen LogP contribution in [-0.4, -0.2) is 98.1 Å². The van der Waals surface area contributed by atoms with Gasteiger partial charge in [-0.3, -0.25) is 9.69 Å². The number of anilines is 2. The maximum absolute atomic E-state index is 12.9. The fourth-order valence-electron chi connectivity index (χ4n) is 4.08. The summed E-state index contributed by atoms with van der Waals surface area (Å²) in [5.41, 5.74) is 2.94. The number of β-amino-alcohol motifs (C(OH)–C–C–N with tert-alkyl or cyclic N) is 1. The molecule has 2 aliphatic rings. The average Bonchev–Trinajstić information content (AvgIpc) is 2.83. The predicted octanol–water partition coefficient (Wildman–Crippen LogP) is 0.0919. The number of likely N-dealkylation sites (N-methyl/N-ethyl adjacent to an activating group) is 2. The topological polar surface area (TPSA) is 115 Å². The molecule has 0 aliphatic carbocycles. The molecule has 1 amide bonds. The van der Waals surface area contributed by atoms with Crippen molar-refractivity contribution >= 4 is 17.7 Å². The second kappa shape index (κ2) is 11.6. The Balaban J connectivity index is 1.35. The van der Waals surface area contributed by atoms with Crippen LogP contribution in [0.3, 0.4) is 0 Å². The molecule has 1 atom stereocenters. The van der Waals surface area contributed by atoms with Crippen molar-refractivity contribution in [1.29, 1.82) is 0 Å². The largest absolute Gasteiger partial charge is 0.390 e. The highest BCUT2D eigenvalue weighted by atomic mass is 16.5. The standard InChI is InChI=1S/C24H35N7O3/c1-25-8-10-30(2)24-28-21(11-22(29-24)27-19-15-34-16-19)23(33)26-12-20(32)14-31-9-7-17-5-3-4-6-18(17)13-31/h3-6,11,19-20,25,32H,7-10,12-16H2,1-2H3,(H,26,33)(H,27,28,29)/t20-/m0/s1. The number of ether oxygens (including phenoxy) is 1. The first-order valence-electron chi connectivity index (χ1n) is 11.9. The average molecular weight is 470 g/mol. The summed E-state index contributed by atoms with van der Waals surface area (Å²) in [6.07, 6.45) is 0.306. The van der Waals surface area contributed by atoms with Gasteiger partial charge in [-0.15, -0.1) is 0 Å². The molecule has 2 aromatic rings. The molecular weight excluding hydrogens is 434 g/mol. The summed E-state index contributed by atoms with van der Waals surface area (Å²) in [5.74, 6) is 0.729. The summed E-state index contributed by atoms with van der Waals surface area (Å²) in [4.78, 5) is 26.1. The number of hydrogen-bond acceptors (Lipinski definition) is 9. The van der Waals surface area contributed by atoms with Crippen molar-refractivity contribution in [3.05, 3.63) is 47.2 Å². The number of aliphatic hydroxyl groups excluding tert-OH is 1. The fraction of sp³-hybridized carbons (Fsp3) is 0.542. The van der Waals surface area contributed by atoms with Crippen molar-refractivity contribution in [2.75, 3.05) is 70.2 Å². The van der Waals surface area contributed by atoms with E-state index in [9.17, 15) is 9.90 Å². The van der Waals surface area contributed by atoms with E-state index in [-0.39, 0.29) is 24.2 Å². The summed E-state index contributed by atoms with van der Waals surface area (Å²) >= 11 is 0. The van der Waals surface area contributed by atoms with Crippen LogP contribution >= 0.6 is 0 Å². The molecule has 0 bridgehead atoms. The lowest BCUT2D eigenvalue weighted by atomic mass is 10.00. The first kappa shape index (κ1) is 24.3. The van der Waals surface area contributed by atoms with Gasteiger partial charge >= 0.3 is 0 Å². The van der Waals surface area contributed by atoms with Gasteiger partial charge in [0.05, 0.1) is 25.4 Å². The minimum absolute atomic E-state index is 0.158. The normalized spacial score (nSPS) is 16.9. The summed E-state index contributed by atoms with van der Waals surface area (Å²) < 4.78 is 5.23. The van der Waals surface area contributed by atoms with Gasteiger partial charge in [-0.1, -0.05) is 24.3 Å². The van der Waals surface area contributed by atoms with Crippen molar-refractivity contribution < 1.29 is 14.6 Å². The SMILES string of the molecule is CNCCN(C)c1nc(NC2COC2)cc(C(=O)NC[C@H](O)CN2CCc3ccccc3C2)n1. The smallest absolute Gasteiger partial charge is 0.270 e. The van der Waals surface area contributed by atoms with E-state index in [1.807, 2.05) is 25.1 Å².